The van der Waals surface area contributed by atoms with E-state index in [4.69, 9.17) is 21.1 Å². The van der Waals surface area contributed by atoms with Gasteiger partial charge in [0.1, 0.15) is 30.2 Å². The molecule has 3 heterocycles. The third kappa shape index (κ3) is 7.08. The molecular formula is C42H44F2N6O3. The minimum absolute atomic E-state index is 0.0368. The molecule has 1 aliphatic heterocycles. The Morgan fingerprint density at radius 1 is 1.25 bits per heavy atom. The summed E-state index contributed by atoms with van der Waals surface area (Å²) in [6.45, 7) is 7.10. The van der Waals surface area contributed by atoms with Gasteiger partial charge in [0.2, 0.25) is 5.91 Å². The molecule has 2 aromatic heterocycles. The van der Waals surface area contributed by atoms with E-state index in [1.165, 1.54) is 12.1 Å². The van der Waals surface area contributed by atoms with Crippen molar-refractivity contribution in [2.24, 2.45) is 0 Å². The average Bonchev–Trinajstić information content (AvgIpc) is 3.76. The van der Waals surface area contributed by atoms with E-state index < -0.39 is 23.1 Å². The number of hydrogen-bond acceptors (Lipinski definition) is 8. The van der Waals surface area contributed by atoms with Gasteiger partial charge < -0.3 is 20.1 Å². The summed E-state index contributed by atoms with van der Waals surface area (Å²) < 4.78 is 36.4. The fourth-order valence-electron chi connectivity index (χ4n) is 8.34. The molecule has 7 rings (SSSR count). The number of alkyl halides is 1. The number of benzene rings is 2. The Labute approximate surface area is 308 Å². The van der Waals surface area contributed by atoms with E-state index in [1.54, 1.807) is 35.5 Å². The van der Waals surface area contributed by atoms with Gasteiger partial charge in [-0.1, -0.05) is 37.5 Å². The first-order valence-electron chi connectivity index (χ1n) is 18.1. The molecule has 1 amide bonds. The number of anilines is 1. The number of halogens is 2. The first-order valence-corrected chi connectivity index (χ1v) is 18.1. The third-order valence-electron chi connectivity index (χ3n) is 11.3. The molecule has 274 valence electrons. The van der Waals surface area contributed by atoms with E-state index in [0.717, 1.165) is 42.4 Å². The Morgan fingerprint density at radius 2 is 2.06 bits per heavy atom. The van der Waals surface area contributed by atoms with Crippen LogP contribution < -0.4 is 10.1 Å². The molecule has 2 fully saturated rings. The Balaban J connectivity index is 1.26. The number of phenols is 1. The molecule has 2 N–H and O–H groups in total. The van der Waals surface area contributed by atoms with Gasteiger partial charge in [-0.3, -0.25) is 14.7 Å². The summed E-state index contributed by atoms with van der Waals surface area (Å²) in [5.41, 5.74) is 2.98. The number of likely N-dealkylation sites (N-methyl/N-ethyl adjacent to an activating group) is 1. The first kappa shape index (κ1) is 36.0. The summed E-state index contributed by atoms with van der Waals surface area (Å²) in [7, 11) is 1.82. The lowest BCUT2D eigenvalue weighted by atomic mass is 9.87. The van der Waals surface area contributed by atoms with E-state index in [2.05, 4.69) is 27.7 Å². The summed E-state index contributed by atoms with van der Waals surface area (Å²) in [4.78, 5) is 30.7. The average molecular weight is 719 g/mol. The Morgan fingerprint density at radius 3 is 2.79 bits per heavy atom. The van der Waals surface area contributed by atoms with Gasteiger partial charge in [-0.05, 0) is 91.1 Å². The summed E-state index contributed by atoms with van der Waals surface area (Å²) in [5, 5.41) is 15.4. The lowest BCUT2D eigenvalue weighted by molar-refractivity contribution is -0.129. The number of carbonyl (C=O) groups excluding carboxylic acids is 1. The van der Waals surface area contributed by atoms with Crippen molar-refractivity contribution in [1.82, 2.24) is 24.8 Å². The zero-order chi connectivity index (χ0) is 37.3. The number of pyridine rings is 1. The quantitative estimate of drug-likeness (QED) is 0.125. The van der Waals surface area contributed by atoms with E-state index in [0.29, 0.717) is 53.8 Å². The highest BCUT2D eigenvalue weighted by Gasteiger charge is 2.43. The molecule has 9 nitrogen and oxygen atoms in total. The van der Waals surface area contributed by atoms with Crippen LogP contribution in [-0.4, -0.2) is 79.8 Å². The Kier molecular flexibility index (Phi) is 9.92. The molecule has 2 atom stereocenters. The van der Waals surface area contributed by atoms with Crippen molar-refractivity contribution in [1.29, 1.82) is 0 Å². The summed E-state index contributed by atoms with van der Waals surface area (Å²) in [5.74, 6) is 2.48. The van der Waals surface area contributed by atoms with Crippen molar-refractivity contribution in [2.75, 3.05) is 32.1 Å². The second kappa shape index (κ2) is 14.6. The van der Waals surface area contributed by atoms with Crippen LogP contribution in [0.3, 0.4) is 0 Å². The van der Waals surface area contributed by atoms with Gasteiger partial charge in [0.25, 0.3) is 0 Å². The molecule has 1 saturated heterocycles. The Hall–Kier alpha value is -5.34. The van der Waals surface area contributed by atoms with E-state index in [-0.39, 0.29) is 42.8 Å². The number of nitrogens with one attached hydrogen (secondary N) is 1. The largest absolute Gasteiger partial charge is 0.508 e. The first-order chi connectivity index (χ1) is 25.5. The normalized spacial score (nSPS) is 20.7. The van der Waals surface area contributed by atoms with Gasteiger partial charge in [0, 0.05) is 56.4 Å². The molecule has 4 aromatic rings. The number of nitrogens with zero attached hydrogens (tertiary/aromatic N) is 5. The minimum atomic E-state index is -1.01. The van der Waals surface area contributed by atoms with Crippen molar-refractivity contribution in [3.63, 3.8) is 0 Å². The van der Waals surface area contributed by atoms with Crippen molar-refractivity contribution in [3.05, 3.63) is 95.2 Å². The van der Waals surface area contributed by atoms with Crippen molar-refractivity contribution in [3.8, 4) is 24.1 Å². The molecular weight excluding hydrogens is 674 g/mol. The highest BCUT2D eigenvalue weighted by atomic mass is 19.1. The van der Waals surface area contributed by atoms with Crippen LogP contribution in [0.1, 0.15) is 73.4 Å². The molecule has 0 radical (unpaired) electrons. The van der Waals surface area contributed by atoms with Crippen LogP contribution in [0.25, 0.3) is 22.4 Å². The maximum absolute atomic E-state index is 15.0. The number of ether oxygens (including phenoxy) is 1. The van der Waals surface area contributed by atoms with Gasteiger partial charge >= 0.3 is 6.01 Å². The summed E-state index contributed by atoms with van der Waals surface area (Å²) in [6.07, 6.45) is 16.6. The van der Waals surface area contributed by atoms with Gasteiger partial charge in [-0.15, -0.1) is 6.42 Å². The molecule has 3 aliphatic rings. The van der Waals surface area contributed by atoms with Gasteiger partial charge in [-0.25, -0.2) is 8.78 Å². The fraction of sp³-hybridized carbons (Fsp3) is 0.381. The number of fused-ring (bicyclic) bond motifs is 2. The Bertz CT molecular complexity index is 2130. The maximum Gasteiger partial charge on any atom is 0.318 e. The topological polar surface area (TPSA) is 104 Å². The third-order valence-corrected chi connectivity index (χ3v) is 11.3. The zero-order valence-corrected chi connectivity index (χ0v) is 30.2. The smallest absolute Gasteiger partial charge is 0.318 e. The van der Waals surface area contributed by atoms with Crippen LogP contribution in [0.4, 0.5) is 14.6 Å². The summed E-state index contributed by atoms with van der Waals surface area (Å²) in [6, 6.07) is 10.1. The molecule has 11 heteroatoms. The fourth-order valence-corrected chi connectivity index (χ4v) is 8.34. The minimum Gasteiger partial charge on any atom is -0.508 e. The predicted molar refractivity (Wildman–Crippen MR) is 202 cm³/mol. The second-order valence-electron chi connectivity index (χ2n) is 14.8. The highest BCUT2D eigenvalue weighted by Crippen LogP contribution is 2.41. The molecule has 0 unspecified atom stereocenters. The number of amides is 1. The van der Waals surface area contributed by atoms with Gasteiger partial charge in [0.15, 0.2) is 0 Å². The van der Waals surface area contributed by atoms with Crippen LogP contribution in [0.5, 0.6) is 11.8 Å². The predicted octanol–water partition coefficient (Wildman–Crippen LogP) is 7.09. The van der Waals surface area contributed by atoms with Crippen LogP contribution in [0, 0.1) is 18.2 Å². The van der Waals surface area contributed by atoms with Crippen molar-refractivity contribution < 1.29 is 23.4 Å². The number of likely N-dealkylation sites (tertiary alicyclic amines) is 1. The molecule has 0 spiro atoms. The monoisotopic (exact) mass is 718 g/mol. The standard InChI is InChI=1S/C42H44F2N6O3/c1-5-32-35(44)14-12-29-18-31(51)20-34(38(29)32)28-11-13-33-36(19-28)47-40(48-39(33)46-25-42(15-7-8-16-42)49(4)37(52)6-2)53-26-41(3)21-30(43)24-50(41)23-27-10-9-17-45-22-27/h1,6,9-10,12,14,17-20,22,30,51H,2,7-8,11,13,15-16,21,23-26H2,3-4H3,(H,46,47,48)/t30-,41+/m1/s1. The number of rotatable bonds is 11. The van der Waals surface area contributed by atoms with Crippen molar-refractivity contribution in [2.45, 2.75) is 75.7 Å². The van der Waals surface area contributed by atoms with Gasteiger partial charge in [-0.2, -0.15) is 9.97 Å². The molecule has 0 bridgehead atoms. The molecule has 2 aliphatic carbocycles. The van der Waals surface area contributed by atoms with E-state index >= 15 is 0 Å². The van der Waals surface area contributed by atoms with Crippen LogP contribution in [0.2, 0.25) is 0 Å². The number of terminal acetylenes is 1. The van der Waals surface area contributed by atoms with Crippen LogP contribution in [0.15, 0.2) is 61.4 Å². The number of carbonyl (C=O) groups is 1. The molecule has 2 aromatic carbocycles. The van der Waals surface area contributed by atoms with Crippen molar-refractivity contribution >= 4 is 34.1 Å². The van der Waals surface area contributed by atoms with Gasteiger partial charge in [0.05, 0.1) is 22.3 Å². The van der Waals surface area contributed by atoms with Crippen LogP contribution in [-0.2, 0) is 17.8 Å². The number of allylic oxidation sites excluding steroid dienone is 1. The molecule has 53 heavy (non-hydrogen) atoms. The lowest BCUT2D eigenvalue weighted by Crippen LogP contribution is -2.51. The zero-order valence-electron chi connectivity index (χ0n) is 30.2. The van der Waals surface area contributed by atoms with Crippen LogP contribution >= 0.6 is 0 Å². The number of phenolic OH excluding ortho intramolecular Hbond substituents is 1. The van der Waals surface area contributed by atoms with E-state index in [9.17, 15) is 18.7 Å². The highest BCUT2D eigenvalue weighted by molar-refractivity contribution is 6.02. The number of hydrogen-bond donors (Lipinski definition) is 2. The summed E-state index contributed by atoms with van der Waals surface area (Å²) >= 11 is 0. The number of aromatic nitrogens is 3. The maximum atomic E-state index is 15.0. The number of aromatic hydroxyl groups is 1. The molecule has 1 saturated carbocycles. The second-order valence-corrected chi connectivity index (χ2v) is 14.8. The lowest BCUT2D eigenvalue weighted by Gasteiger charge is -2.39. The SMILES string of the molecule is C#Cc1c(F)ccc2cc(O)cc(C3=Cc4nc(OC[C@]5(C)C[C@@H](F)CN5Cc5cccnc5)nc(NCC5(N(C)C(=O)C=C)CCCC5)c4CC3)c12. The van der Waals surface area contributed by atoms with E-state index in [1.807, 2.05) is 32.2 Å².